The van der Waals surface area contributed by atoms with E-state index in [1.165, 1.54) is 11.1 Å². The Labute approximate surface area is 125 Å². The van der Waals surface area contributed by atoms with E-state index < -0.39 is 17.6 Å². The van der Waals surface area contributed by atoms with Crippen LogP contribution in [0.3, 0.4) is 0 Å². The minimum absolute atomic E-state index is 0.0463. The Hall–Kier alpha value is -1.59. The van der Waals surface area contributed by atoms with Crippen LogP contribution in [0.15, 0.2) is 23.9 Å². The van der Waals surface area contributed by atoms with Crippen molar-refractivity contribution in [3.63, 3.8) is 0 Å². The number of hydrogen-bond acceptors (Lipinski definition) is 4. The predicted molar refractivity (Wildman–Crippen MR) is 74.5 cm³/mol. The third kappa shape index (κ3) is 3.71. The Morgan fingerprint density at radius 3 is 2.35 bits per heavy atom. The Morgan fingerprint density at radius 1 is 1.25 bits per heavy atom. The van der Waals surface area contributed by atoms with E-state index in [-0.39, 0.29) is 21.2 Å². The Morgan fingerprint density at radius 2 is 1.85 bits per heavy atom. The molecule has 0 aliphatic carbocycles. The maximum absolute atomic E-state index is 13.4. The topological polar surface area (TPSA) is 46.6 Å². The molecule has 1 aromatic carbocycles. The number of hydrogen-bond donors (Lipinski definition) is 0. The summed E-state index contributed by atoms with van der Waals surface area (Å²) < 4.78 is 18.0. The van der Waals surface area contributed by atoms with Gasteiger partial charge >= 0.3 is 5.97 Å². The fourth-order valence-electron chi connectivity index (χ4n) is 1.41. The van der Waals surface area contributed by atoms with Crippen LogP contribution in [-0.4, -0.2) is 37.9 Å². The highest BCUT2D eigenvalue weighted by atomic mass is 35.5. The smallest absolute Gasteiger partial charge is 0.343 e. The number of ether oxygens (including phenoxy) is 1. The van der Waals surface area contributed by atoms with Crippen molar-refractivity contribution in [3.8, 4) is 0 Å². The van der Waals surface area contributed by atoms with Crippen LogP contribution in [0.5, 0.6) is 0 Å². The first-order chi connectivity index (χ1) is 9.27. The van der Waals surface area contributed by atoms with Crippen LogP contribution in [0, 0.1) is 5.82 Å². The average Bonchev–Trinajstić information content (AvgIpc) is 2.38. The van der Waals surface area contributed by atoms with Gasteiger partial charge in [-0.1, -0.05) is 23.2 Å². The molecule has 0 aliphatic rings. The summed E-state index contributed by atoms with van der Waals surface area (Å²) in [7, 11) is 4.39. The molecule has 20 heavy (non-hydrogen) atoms. The number of ketones is 1. The zero-order chi connectivity index (χ0) is 15.4. The summed E-state index contributed by atoms with van der Waals surface area (Å²) in [4.78, 5) is 25.4. The first-order valence-electron chi connectivity index (χ1n) is 5.43. The van der Waals surface area contributed by atoms with Crippen molar-refractivity contribution in [2.75, 3.05) is 21.2 Å². The van der Waals surface area contributed by atoms with Crippen LogP contribution < -0.4 is 0 Å². The number of carbonyl (C=O) groups is 2. The van der Waals surface area contributed by atoms with Gasteiger partial charge < -0.3 is 9.64 Å². The van der Waals surface area contributed by atoms with Gasteiger partial charge in [-0.15, -0.1) is 0 Å². The standard InChI is InChI=1S/C13H12Cl2FNO3/c1-17(2)6-8(13(19)20-3)12(18)7-4-11(16)10(15)5-9(7)14/h4-6H,1-3H3/b8-6+. The molecule has 0 heterocycles. The molecule has 0 saturated carbocycles. The molecule has 1 aromatic rings. The number of rotatable bonds is 4. The van der Waals surface area contributed by atoms with Crippen molar-refractivity contribution in [2.24, 2.45) is 0 Å². The van der Waals surface area contributed by atoms with Crippen molar-refractivity contribution >= 4 is 35.0 Å². The number of methoxy groups -OCH3 is 1. The zero-order valence-electron chi connectivity index (χ0n) is 11.0. The lowest BCUT2D eigenvalue weighted by Gasteiger charge is -2.11. The summed E-state index contributed by atoms with van der Waals surface area (Å²) in [5.74, 6) is -2.38. The highest BCUT2D eigenvalue weighted by Crippen LogP contribution is 2.26. The second-order valence-corrected chi connectivity index (χ2v) is 4.89. The SMILES string of the molecule is COC(=O)/C(=C/N(C)C)C(=O)c1cc(F)c(Cl)cc1Cl. The number of nitrogens with zero attached hydrogens (tertiary/aromatic N) is 1. The monoisotopic (exact) mass is 319 g/mol. The minimum Gasteiger partial charge on any atom is -0.465 e. The third-order valence-electron chi connectivity index (χ3n) is 2.29. The second kappa shape index (κ2) is 6.72. The fourth-order valence-corrected chi connectivity index (χ4v) is 1.88. The Balaban J connectivity index is 3.33. The molecule has 108 valence electrons. The normalized spacial score (nSPS) is 11.2. The molecule has 4 nitrogen and oxygen atoms in total. The largest absolute Gasteiger partial charge is 0.465 e. The van der Waals surface area contributed by atoms with E-state index in [2.05, 4.69) is 4.74 Å². The molecule has 0 unspecified atom stereocenters. The maximum atomic E-state index is 13.4. The molecular weight excluding hydrogens is 308 g/mol. The van der Waals surface area contributed by atoms with E-state index in [4.69, 9.17) is 23.2 Å². The van der Waals surface area contributed by atoms with Crippen molar-refractivity contribution < 1.29 is 18.7 Å². The zero-order valence-corrected chi connectivity index (χ0v) is 12.5. The maximum Gasteiger partial charge on any atom is 0.343 e. The molecular formula is C13H12Cl2FNO3. The van der Waals surface area contributed by atoms with Gasteiger partial charge in [-0.3, -0.25) is 4.79 Å². The highest BCUT2D eigenvalue weighted by Gasteiger charge is 2.24. The van der Waals surface area contributed by atoms with E-state index in [1.54, 1.807) is 14.1 Å². The summed E-state index contributed by atoms with van der Waals surface area (Å²) in [6, 6.07) is 2.00. The minimum atomic E-state index is -0.838. The molecule has 0 spiro atoms. The Bertz CT molecular complexity index is 585. The van der Waals surface area contributed by atoms with Gasteiger partial charge in [-0.05, 0) is 12.1 Å². The van der Waals surface area contributed by atoms with E-state index in [1.807, 2.05) is 0 Å². The Kier molecular flexibility index (Phi) is 5.53. The number of halogens is 3. The molecule has 7 heteroatoms. The molecule has 0 radical (unpaired) electrons. The van der Waals surface area contributed by atoms with Crippen LogP contribution in [0.2, 0.25) is 10.0 Å². The fraction of sp³-hybridized carbons (Fsp3) is 0.231. The lowest BCUT2D eigenvalue weighted by molar-refractivity contribution is -0.135. The number of carbonyl (C=O) groups excluding carboxylic acids is 2. The van der Waals surface area contributed by atoms with Gasteiger partial charge in [-0.25, -0.2) is 9.18 Å². The third-order valence-corrected chi connectivity index (χ3v) is 2.89. The van der Waals surface area contributed by atoms with E-state index in [9.17, 15) is 14.0 Å². The number of benzene rings is 1. The predicted octanol–water partition coefficient (Wildman–Crippen LogP) is 2.93. The summed E-state index contributed by atoms with van der Waals surface area (Å²) in [6.07, 6.45) is 1.27. The summed E-state index contributed by atoms with van der Waals surface area (Å²) in [5, 5.41) is -0.252. The summed E-state index contributed by atoms with van der Waals surface area (Å²) in [6.45, 7) is 0. The van der Waals surface area contributed by atoms with Gasteiger partial charge in [0.2, 0.25) is 5.78 Å². The molecule has 0 aliphatic heterocycles. The molecule has 0 N–H and O–H groups in total. The molecule has 0 atom stereocenters. The molecule has 0 bridgehead atoms. The molecule has 0 aromatic heterocycles. The van der Waals surface area contributed by atoms with Crippen molar-refractivity contribution in [1.82, 2.24) is 4.90 Å². The van der Waals surface area contributed by atoms with E-state index >= 15 is 0 Å². The van der Waals surface area contributed by atoms with Gasteiger partial charge in [0.15, 0.2) is 0 Å². The molecule has 0 amide bonds. The van der Waals surface area contributed by atoms with Crippen LogP contribution >= 0.6 is 23.2 Å². The van der Waals surface area contributed by atoms with Crippen LogP contribution in [-0.2, 0) is 9.53 Å². The summed E-state index contributed by atoms with van der Waals surface area (Å²) in [5.41, 5.74) is -0.423. The summed E-state index contributed by atoms with van der Waals surface area (Å²) >= 11 is 11.4. The van der Waals surface area contributed by atoms with Gasteiger partial charge in [0.25, 0.3) is 0 Å². The quantitative estimate of drug-likeness (QED) is 0.214. The van der Waals surface area contributed by atoms with Crippen LogP contribution in [0.25, 0.3) is 0 Å². The number of esters is 1. The van der Waals surface area contributed by atoms with Crippen LogP contribution in [0.1, 0.15) is 10.4 Å². The van der Waals surface area contributed by atoms with Gasteiger partial charge in [-0.2, -0.15) is 0 Å². The average molecular weight is 320 g/mol. The number of Topliss-reactive ketones (excluding diaryl/α,β-unsaturated/α-hetero) is 1. The second-order valence-electron chi connectivity index (χ2n) is 4.07. The van der Waals surface area contributed by atoms with Crippen molar-refractivity contribution in [3.05, 3.63) is 45.3 Å². The van der Waals surface area contributed by atoms with E-state index in [0.29, 0.717) is 0 Å². The van der Waals surface area contributed by atoms with Crippen LogP contribution in [0.4, 0.5) is 4.39 Å². The van der Waals surface area contributed by atoms with Gasteiger partial charge in [0, 0.05) is 25.9 Å². The van der Waals surface area contributed by atoms with E-state index in [0.717, 1.165) is 19.2 Å². The molecule has 0 fully saturated rings. The lowest BCUT2D eigenvalue weighted by Crippen LogP contribution is -2.18. The highest BCUT2D eigenvalue weighted by molar-refractivity contribution is 6.39. The molecule has 1 rings (SSSR count). The first kappa shape index (κ1) is 16.5. The van der Waals surface area contributed by atoms with Gasteiger partial charge in [0.1, 0.15) is 11.4 Å². The first-order valence-corrected chi connectivity index (χ1v) is 6.19. The van der Waals surface area contributed by atoms with Crippen molar-refractivity contribution in [2.45, 2.75) is 0 Å². The van der Waals surface area contributed by atoms with Gasteiger partial charge in [0.05, 0.1) is 17.2 Å². The lowest BCUT2D eigenvalue weighted by atomic mass is 10.0. The molecule has 0 saturated heterocycles. The van der Waals surface area contributed by atoms with Crippen molar-refractivity contribution in [1.29, 1.82) is 0 Å².